The Morgan fingerprint density at radius 1 is 1.22 bits per heavy atom. The predicted octanol–water partition coefficient (Wildman–Crippen LogP) is 5.01. The molecule has 0 radical (unpaired) electrons. The molecule has 0 saturated heterocycles. The summed E-state index contributed by atoms with van der Waals surface area (Å²) < 4.78 is 0. The first-order valence-electron chi connectivity index (χ1n) is 8.38. The molecular weight excluding hydrogens is 218 g/mol. The second-order valence-electron chi connectivity index (χ2n) is 6.58. The minimum Gasteiger partial charge on any atom is -0.317 e. The monoisotopic (exact) mass is 253 g/mol. The van der Waals surface area contributed by atoms with Crippen molar-refractivity contribution in [1.82, 2.24) is 5.32 Å². The van der Waals surface area contributed by atoms with E-state index < -0.39 is 0 Å². The SMILES string of the molecule is CCCCC(CC)CC(NC)C1CCCC(C)C1. The molecule has 1 rings (SSSR count). The summed E-state index contributed by atoms with van der Waals surface area (Å²) in [5, 5.41) is 3.63. The molecule has 0 bridgehead atoms. The Morgan fingerprint density at radius 3 is 2.56 bits per heavy atom. The predicted molar refractivity (Wildman–Crippen MR) is 81.9 cm³/mol. The van der Waals surface area contributed by atoms with E-state index in [0.717, 1.165) is 23.8 Å². The van der Waals surface area contributed by atoms with Crippen molar-refractivity contribution in [2.75, 3.05) is 7.05 Å². The number of unbranched alkanes of at least 4 members (excludes halogenated alkanes) is 1. The van der Waals surface area contributed by atoms with Crippen LogP contribution in [0.1, 0.15) is 78.6 Å². The van der Waals surface area contributed by atoms with Crippen LogP contribution in [0.25, 0.3) is 0 Å². The molecule has 1 saturated carbocycles. The quantitative estimate of drug-likeness (QED) is 0.641. The van der Waals surface area contributed by atoms with Crippen molar-refractivity contribution in [1.29, 1.82) is 0 Å². The lowest BCUT2D eigenvalue weighted by molar-refractivity contribution is 0.200. The normalized spacial score (nSPS) is 28.0. The van der Waals surface area contributed by atoms with Crippen molar-refractivity contribution in [3.8, 4) is 0 Å². The summed E-state index contributed by atoms with van der Waals surface area (Å²) in [7, 11) is 2.18. The van der Waals surface area contributed by atoms with Gasteiger partial charge in [-0.15, -0.1) is 0 Å². The van der Waals surface area contributed by atoms with E-state index in [-0.39, 0.29) is 0 Å². The van der Waals surface area contributed by atoms with Gasteiger partial charge >= 0.3 is 0 Å². The van der Waals surface area contributed by atoms with Gasteiger partial charge in [-0.25, -0.2) is 0 Å². The van der Waals surface area contributed by atoms with Crippen molar-refractivity contribution >= 4 is 0 Å². The van der Waals surface area contributed by atoms with E-state index >= 15 is 0 Å². The van der Waals surface area contributed by atoms with E-state index in [0.29, 0.717) is 0 Å². The van der Waals surface area contributed by atoms with Crippen LogP contribution in [0.3, 0.4) is 0 Å². The smallest absolute Gasteiger partial charge is 0.00950 e. The van der Waals surface area contributed by atoms with Gasteiger partial charge in [0.2, 0.25) is 0 Å². The first-order valence-corrected chi connectivity index (χ1v) is 8.38. The fourth-order valence-corrected chi connectivity index (χ4v) is 3.73. The summed E-state index contributed by atoms with van der Waals surface area (Å²) in [4.78, 5) is 0. The van der Waals surface area contributed by atoms with E-state index in [4.69, 9.17) is 0 Å². The van der Waals surface area contributed by atoms with E-state index in [1.165, 1.54) is 57.8 Å². The van der Waals surface area contributed by atoms with Crippen LogP contribution in [0, 0.1) is 17.8 Å². The molecule has 0 heterocycles. The third-order valence-corrected chi connectivity index (χ3v) is 5.05. The van der Waals surface area contributed by atoms with Crippen LogP contribution in [0.5, 0.6) is 0 Å². The zero-order valence-electron chi connectivity index (χ0n) is 13.2. The molecule has 1 heteroatoms. The zero-order valence-corrected chi connectivity index (χ0v) is 13.2. The maximum atomic E-state index is 3.63. The van der Waals surface area contributed by atoms with Gasteiger partial charge in [-0.3, -0.25) is 0 Å². The molecule has 4 atom stereocenters. The lowest BCUT2D eigenvalue weighted by atomic mass is 9.75. The van der Waals surface area contributed by atoms with Crippen molar-refractivity contribution in [3.63, 3.8) is 0 Å². The van der Waals surface area contributed by atoms with Crippen LogP contribution in [0.4, 0.5) is 0 Å². The summed E-state index contributed by atoms with van der Waals surface area (Å²) in [5.41, 5.74) is 0. The second kappa shape index (κ2) is 8.96. The lowest BCUT2D eigenvalue weighted by Gasteiger charge is -2.35. The third-order valence-electron chi connectivity index (χ3n) is 5.05. The minimum atomic E-state index is 0.773. The fourth-order valence-electron chi connectivity index (χ4n) is 3.73. The Kier molecular flexibility index (Phi) is 7.97. The molecule has 1 aliphatic rings. The van der Waals surface area contributed by atoms with Crippen molar-refractivity contribution in [3.05, 3.63) is 0 Å². The zero-order chi connectivity index (χ0) is 13.4. The highest BCUT2D eigenvalue weighted by Crippen LogP contribution is 2.33. The molecular formula is C17H35N. The summed E-state index contributed by atoms with van der Waals surface area (Å²) in [6.07, 6.45) is 12.8. The van der Waals surface area contributed by atoms with Gasteiger partial charge in [-0.05, 0) is 44.1 Å². The van der Waals surface area contributed by atoms with E-state index in [1.54, 1.807) is 0 Å². The van der Waals surface area contributed by atoms with E-state index in [2.05, 4.69) is 33.1 Å². The fraction of sp³-hybridized carbons (Fsp3) is 1.00. The minimum absolute atomic E-state index is 0.773. The molecule has 0 spiro atoms. The van der Waals surface area contributed by atoms with Gasteiger partial charge in [0.05, 0.1) is 0 Å². The Morgan fingerprint density at radius 2 is 2.00 bits per heavy atom. The molecule has 0 aromatic heterocycles. The highest BCUT2D eigenvalue weighted by molar-refractivity contribution is 4.82. The van der Waals surface area contributed by atoms with Crippen LogP contribution in [-0.2, 0) is 0 Å². The molecule has 108 valence electrons. The maximum absolute atomic E-state index is 3.63. The van der Waals surface area contributed by atoms with Gasteiger partial charge in [0.25, 0.3) is 0 Å². The lowest BCUT2D eigenvalue weighted by Crippen LogP contribution is -2.37. The third kappa shape index (κ3) is 5.30. The second-order valence-corrected chi connectivity index (χ2v) is 6.58. The summed E-state index contributed by atoms with van der Waals surface area (Å²) in [5.74, 6) is 2.84. The van der Waals surface area contributed by atoms with Crippen LogP contribution >= 0.6 is 0 Å². The van der Waals surface area contributed by atoms with Crippen molar-refractivity contribution in [2.45, 2.75) is 84.6 Å². The topological polar surface area (TPSA) is 12.0 Å². The van der Waals surface area contributed by atoms with E-state index in [9.17, 15) is 0 Å². The Balaban J connectivity index is 2.43. The van der Waals surface area contributed by atoms with Crippen molar-refractivity contribution < 1.29 is 0 Å². The average Bonchev–Trinajstić information content (AvgIpc) is 2.39. The number of rotatable bonds is 8. The van der Waals surface area contributed by atoms with E-state index in [1.807, 2.05) is 0 Å². The summed E-state index contributed by atoms with van der Waals surface area (Å²) >= 11 is 0. The Labute approximate surface area is 115 Å². The Bertz CT molecular complexity index is 202. The molecule has 18 heavy (non-hydrogen) atoms. The summed E-state index contributed by atoms with van der Waals surface area (Å²) in [6, 6.07) is 0.773. The standard InChI is InChI=1S/C17H35N/c1-5-7-10-15(6-2)13-17(18-4)16-11-8-9-14(3)12-16/h14-18H,5-13H2,1-4H3. The van der Waals surface area contributed by atoms with Gasteiger partial charge in [-0.2, -0.15) is 0 Å². The van der Waals surface area contributed by atoms with Gasteiger partial charge in [0.15, 0.2) is 0 Å². The maximum Gasteiger partial charge on any atom is 0.00950 e. The first-order chi connectivity index (χ1) is 8.71. The van der Waals surface area contributed by atoms with Crippen LogP contribution in [0.2, 0.25) is 0 Å². The van der Waals surface area contributed by atoms with Gasteiger partial charge in [-0.1, -0.05) is 59.3 Å². The van der Waals surface area contributed by atoms with Gasteiger partial charge < -0.3 is 5.32 Å². The highest BCUT2D eigenvalue weighted by atomic mass is 14.9. The molecule has 0 aromatic rings. The molecule has 1 nitrogen and oxygen atoms in total. The molecule has 1 N–H and O–H groups in total. The van der Waals surface area contributed by atoms with Gasteiger partial charge in [0, 0.05) is 6.04 Å². The molecule has 4 unspecified atom stereocenters. The summed E-state index contributed by atoms with van der Waals surface area (Å²) in [6.45, 7) is 7.12. The average molecular weight is 253 g/mol. The van der Waals surface area contributed by atoms with Crippen molar-refractivity contribution in [2.24, 2.45) is 17.8 Å². The van der Waals surface area contributed by atoms with Crippen LogP contribution in [-0.4, -0.2) is 13.1 Å². The largest absolute Gasteiger partial charge is 0.317 e. The Hall–Kier alpha value is -0.0400. The first kappa shape index (κ1) is 16.0. The molecule has 0 amide bonds. The number of hydrogen-bond donors (Lipinski definition) is 1. The molecule has 0 aliphatic heterocycles. The molecule has 1 fully saturated rings. The van der Waals surface area contributed by atoms with Crippen LogP contribution in [0.15, 0.2) is 0 Å². The van der Waals surface area contributed by atoms with Crippen LogP contribution < -0.4 is 5.32 Å². The highest BCUT2D eigenvalue weighted by Gasteiger charge is 2.27. The number of nitrogens with one attached hydrogen (secondary N) is 1. The molecule has 0 aromatic carbocycles. The molecule has 1 aliphatic carbocycles. The van der Waals surface area contributed by atoms with Gasteiger partial charge in [0.1, 0.15) is 0 Å². The number of hydrogen-bond acceptors (Lipinski definition) is 1.